The van der Waals surface area contributed by atoms with Gasteiger partial charge in [0, 0.05) is 43.3 Å². The molecule has 146 valence electrons. The molecule has 1 atom stereocenters. The Balaban J connectivity index is 1.58. The van der Waals surface area contributed by atoms with Crippen molar-refractivity contribution in [2.45, 2.75) is 36.7 Å². The van der Waals surface area contributed by atoms with Crippen molar-refractivity contribution < 1.29 is 8.42 Å². The van der Waals surface area contributed by atoms with E-state index >= 15 is 0 Å². The van der Waals surface area contributed by atoms with Crippen molar-refractivity contribution in [2.75, 3.05) is 24.5 Å². The highest BCUT2D eigenvalue weighted by Gasteiger charge is 2.35. The van der Waals surface area contributed by atoms with Crippen LogP contribution in [-0.4, -0.2) is 49.0 Å². The Bertz CT molecular complexity index is 1100. The van der Waals surface area contributed by atoms with Gasteiger partial charge in [-0.1, -0.05) is 30.3 Å². The number of nitrogens with zero attached hydrogens (tertiary/aromatic N) is 3. The van der Waals surface area contributed by atoms with E-state index in [9.17, 15) is 8.42 Å². The molecule has 1 aliphatic heterocycles. The SMILES string of the molecule is CC1CN(C2CC2)CCN1c1cccc2ccn(S(=O)(=O)c3ccccc3)c12. The van der Waals surface area contributed by atoms with Gasteiger partial charge in [-0.15, -0.1) is 0 Å². The van der Waals surface area contributed by atoms with E-state index in [1.54, 1.807) is 30.5 Å². The van der Waals surface area contributed by atoms with Crippen molar-refractivity contribution in [3.63, 3.8) is 0 Å². The molecule has 0 amide bonds. The van der Waals surface area contributed by atoms with E-state index in [0.717, 1.165) is 42.3 Å². The van der Waals surface area contributed by atoms with E-state index in [4.69, 9.17) is 0 Å². The molecule has 2 fully saturated rings. The molecule has 6 heteroatoms. The van der Waals surface area contributed by atoms with Gasteiger partial charge in [0.2, 0.25) is 0 Å². The molecule has 1 saturated carbocycles. The summed E-state index contributed by atoms with van der Waals surface area (Å²) in [6.45, 7) is 5.24. The summed E-state index contributed by atoms with van der Waals surface area (Å²) in [6, 6.07) is 17.7. The Hall–Kier alpha value is -2.31. The van der Waals surface area contributed by atoms with Gasteiger partial charge in [-0.3, -0.25) is 4.90 Å². The van der Waals surface area contributed by atoms with E-state index < -0.39 is 10.0 Å². The fourth-order valence-corrected chi connectivity index (χ4v) is 5.79. The lowest BCUT2D eigenvalue weighted by molar-refractivity contribution is 0.220. The first-order valence-corrected chi connectivity index (χ1v) is 11.4. The summed E-state index contributed by atoms with van der Waals surface area (Å²) < 4.78 is 28.1. The maximum absolute atomic E-state index is 13.3. The average molecular weight is 396 g/mol. The van der Waals surface area contributed by atoms with Crippen molar-refractivity contribution in [3.05, 3.63) is 60.8 Å². The summed E-state index contributed by atoms with van der Waals surface area (Å²) in [5.41, 5.74) is 1.78. The van der Waals surface area contributed by atoms with Crippen LogP contribution in [0.15, 0.2) is 65.7 Å². The molecule has 1 saturated heterocycles. The third kappa shape index (κ3) is 2.91. The topological polar surface area (TPSA) is 45.5 Å². The maximum Gasteiger partial charge on any atom is 0.268 e. The van der Waals surface area contributed by atoms with Crippen LogP contribution in [-0.2, 0) is 10.0 Å². The van der Waals surface area contributed by atoms with E-state index in [-0.39, 0.29) is 0 Å². The normalized spacial score (nSPS) is 21.3. The van der Waals surface area contributed by atoms with Crippen molar-refractivity contribution in [1.82, 2.24) is 8.87 Å². The minimum Gasteiger partial charge on any atom is -0.365 e. The molecule has 1 aromatic heterocycles. The van der Waals surface area contributed by atoms with E-state index in [1.807, 2.05) is 24.3 Å². The summed E-state index contributed by atoms with van der Waals surface area (Å²) in [5, 5.41) is 0.953. The Morgan fingerprint density at radius 2 is 1.71 bits per heavy atom. The number of benzene rings is 2. The fraction of sp³-hybridized carbons (Fsp3) is 0.364. The summed E-state index contributed by atoms with van der Waals surface area (Å²) >= 11 is 0. The largest absolute Gasteiger partial charge is 0.365 e. The second-order valence-electron chi connectivity index (χ2n) is 7.91. The molecule has 3 aromatic rings. The molecule has 0 bridgehead atoms. The van der Waals surface area contributed by atoms with Gasteiger partial charge in [0.15, 0.2) is 0 Å². The molecule has 0 spiro atoms. The van der Waals surface area contributed by atoms with Gasteiger partial charge < -0.3 is 4.90 Å². The van der Waals surface area contributed by atoms with E-state index in [0.29, 0.717) is 10.9 Å². The first-order chi connectivity index (χ1) is 13.6. The lowest BCUT2D eigenvalue weighted by Crippen LogP contribution is -2.52. The van der Waals surface area contributed by atoms with Crippen LogP contribution in [0.25, 0.3) is 10.9 Å². The summed E-state index contributed by atoms with van der Waals surface area (Å²) in [5.74, 6) is 0. The molecule has 0 radical (unpaired) electrons. The average Bonchev–Trinajstić information content (AvgIpc) is 3.46. The first-order valence-electron chi connectivity index (χ1n) is 9.97. The van der Waals surface area contributed by atoms with Gasteiger partial charge in [-0.25, -0.2) is 12.4 Å². The van der Waals surface area contributed by atoms with Gasteiger partial charge >= 0.3 is 0 Å². The minimum absolute atomic E-state index is 0.314. The summed E-state index contributed by atoms with van der Waals surface area (Å²) in [7, 11) is -3.64. The van der Waals surface area contributed by atoms with Gasteiger partial charge in [-0.05, 0) is 44.0 Å². The van der Waals surface area contributed by atoms with Crippen LogP contribution >= 0.6 is 0 Å². The molecule has 1 aliphatic carbocycles. The Morgan fingerprint density at radius 3 is 2.43 bits per heavy atom. The second kappa shape index (κ2) is 6.64. The zero-order chi connectivity index (χ0) is 19.3. The van der Waals surface area contributed by atoms with Gasteiger partial charge in [-0.2, -0.15) is 0 Å². The number of para-hydroxylation sites is 1. The molecule has 0 N–H and O–H groups in total. The summed E-state index contributed by atoms with van der Waals surface area (Å²) in [6.07, 6.45) is 4.32. The third-order valence-corrected chi connectivity index (χ3v) is 7.68. The number of piperazine rings is 1. The van der Waals surface area contributed by atoms with Crippen molar-refractivity contribution in [1.29, 1.82) is 0 Å². The fourth-order valence-electron chi connectivity index (χ4n) is 4.40. The Kier molecular flexibility index (Phi) is 4.21. The molecule has 2 aliphatic rings. The van der Waals surface area contributed by atoms with Crippen LogP contribution in [0.1, 0.15) is 19.8 Å². The number of fused-ring (bicyclic) bond motifs is 1. The van der Waals surface area contributed by atoms with Crippen molar-refractivity contribution in [3.8, 4) is 0 Å². The van der Waals surface area contributed by atoms with E-state index in [2.05, 4.69) is 22.8 Å². The zero-order valence-corrected chi connectivity index (χ0v) is 16.8. The smallest absolute Gasteiger partial charge is 0.268 e. The third-order valence-electron chi connectivity index (χ3n) is 5.99. The number of aromatic nitrogens is 1. The van der Waals surface area contributed by atoms with Crippen LogP contribution < -0.4 is 4.90 Å². The lowest BCUT2D eigenvalue weighted by atomic mass is 10.1. The number of hydrogen-bond donors (Lipinski definition) is 0. The molecule has 28 heavy (non-hydrogen) atoms. The predicted molar refractivity (Wildman–Crippen MR) is 112 cm³/mol. The highest BCUT2D eigenvalue weighted by Crippen LogP contribution is 2.35. The standard InChI is InChI=1S/C22H25N3O2S/c1-17-16-23(19-10-11-19)14-15-24(17)21-9-5-6-18-12-13-25(22(18)21)28(26,27)20-7-3-2-4-8-20/h2-9,12-13,17,19H,10-11,14-16H2,1H3. The molecule has 2 aromatic carbocycles. The molecule has 5 rings (SSSR count). The molecular weight excluding hydrogens is 370 g/mol. The van der Waals surface area contributed by atoms with Gasteiger partial charge in [0.1, 0.15) is 0 Å². The first kappa shape index (κ1) is 17.8. The van der Waals surface area contributed by atoms with Crippen LogP contribution in [0, 0.1) is 0 Å². The highest BCUT2D eigenvalue weighted by atomic mass is 32.2. The Labute approximate surface area is 166 Å². The van der Waals surface area contributed by atoms with Crippen LogP contribution in [0.4, 0.5) is 5.69 Å². The quantitative estimate of drug-likeness (QED) is 0.678. The molecular formula is C22H25N3O2S. The highest BCUT2D eigenvalue weighted by molar-refractivity contribution is 7.90. The predicted octanol–water partition coefficient (Wildman–Crippen LogP) is 3.55. The van der Waals surface area contributed by atoms with Crippen LogP contribution in [0.5, 0.6) is 0 Å². The molecule has 1 unspecified atom stereocenters. The van der Waals surface area contributed by atoms with E-state index in [1.165, 1.54) is 16.8 Å². The number of hydrogen-bond acceptors (Lipinski definition) is 4. The Morgan fingerprint density at radius 1 is 0.929 bits per heavy atom. The molecule has 5 nitrogen and oxygen atoms in total. The van der Waals surface area contributed by atoms with Crippen molar-refractivity contribution >= 4 is 26.6 Å². The maximum atomic E-state index is 13.3. The minimum atomic E-state index is -3.64. The second-order valence-corrected chi connectivity index (χ2v) is 9.73. The van der Waals surface area contributed by atoms with Crippen LogP contribution in [0.2, 0.25) is 0 Å². The van der Waals surface area contributed by atoms with Gasteiger partial charge in [0.05, 0.1) is 16.1 Å². The number of anilines is 1. The van der Waals surface area contributed by atoms with Gasteiger partial charge in [0.25, 0.3) is 10.0 Å². The van der Waals surface area contributed by atoms with Crippen molar-refractivity contribution in [2.24, 2.45) is 0 Å². The lowest BCUT2D eigenvalue weighted by Gasteiger charge is -2.41. The molecule has 2 heterocycles. The summed E-state index contributed by atoms with van der Waals surface area (Å²) in [4.78, 5) is 5.27. The zero-order valence-electron chi connectivity index (χ0n) is 16.0. The monoisotopic (exact) mass is 395 g/mol. The number of rotatable bonds is 4. The van der Waals surface area contributed by atoms with Crippen LogP contribution in [0.3, 0.4) is 0 Å².